The summed E-state index contributed by atoms with van der Waals surface area (Å²) in [6, 6.07) is 7.31. The highest BCUT2D eigenvalue weighted by molar-refractivity contribution is 6.30. The number of aliphatic hydroxyl groups excluding tert-OH is 1. The van der Waals surface area contributed by atoms with Crippen LogP contribution in [0.25, 0.3) is 0 Å². The third-order valence-corrected chi connectivity index (χ3v) is 4.13. The lowest BCUT2D eigenvalue weighted by Gasteiger charge is -2.36. The standard InChI is InChI=1S/C17H21ClO5/c1-2-22-17-13(4-3-9-19)14(10-15(23-17)16(20)21)11-5-7-12(18)8-6-11/h5-8,10,13-14,17,19H,2-4,9H2,1H3,(H,20,21)/t13-,14+,17+/m1/s1. The summed E-state index contributed by atoms with van der Waals surface area (Å²) in [6.45, 7) is 2.32. The highest BCUT2D eigenvalue weighted by Crippen LogP contribution is 2.39. The van der Waals surface area contributed by atoms with E-state index in [9.17, 15) is 9.90 Å². The SMILES string of the molecule is CCO[C@H]1OC(C(=O)O)=C[C@@H](c2ccc(Cl)cc2)[C@H]1CCCO. The van der Waals surface area contributed by atoms with Crippen molar-refractivity contribution in [2.24, 2.45) is 5.92 Å². The normalized spacial score (nSPS) is 24.0. The Morgan fingerprint density at radius 2 is 2.04 bits per heavy atom. The van der Waals surface area contributed by atoms with Crippen molar-refractivity contribution in [1.29, 1.82) is 0 Å². The molecule has 1 aromatic carbocycles. The van der Waals surface area contributed by atoms with Gasteiger partial charge in [-0.05, 0) is 43.5 Å². The largest absolute Gasteiger partial charge is 0.475 e. The Hall–Kier alpha value is -1.56. The Bertz CT molecular complexity index is 555. The van der Waals surface area contributed by atoms with Crippen LogP contribution in [0.3, 0.4) is 0 Å². The van der Waals surface area contributed by atoms with Crippen LogP contribution in [0, 0.1) is 5.92 Å². The fourth-order valence-electron chi connectivity index (χ4n) is 2.82. The van der Waals surface area contributed by atoms with Gasteiger partial charge >= 0.3 is 5.97 Å². The first-order valence-corrected chi connectivity index (χ1v) is 8.04. The summed E-state index contributed by atoms with van der Waals surface area (Å²) in [4.78, 5) is 11.3. The molecule has 0 aromatic heterocycles. The molecular weight excluding hydrogens is 320 g/mol. The maximum Gasteiger partial charge on any atom is 0.370 e. The molecule has 5 nitrogen and oxygen atoms in total. The minimum Gasteiger partial charge on any atom is -0.475 e. The third-order valence-electron chi connectivity index (χ3n) is 3.88. The van der Waals surface area contributed by atoms with Crippen LogP contribution in [0.5, 0.6) is 0 Å². The zero-order chi connectivity index (χ0) is 16.8. The van der Waals surface area contributed by atoms with Crippen LogP contribution < -0.4 is 0 Å². The Morgan fingerprint density at radius 3 is 2.61 bits per heavy atom. The van der Waals surface area contributed by atoms with Gasteiger partial charge in [0.15, 0.2) is 0 Å². The van der Waals surface area contributed by atoms with E-state index in [1.807, 2.05) is 19.1 Å². The van der Waals surface area contributed by atoms with Gasteiger partial charge in [-0.15, -0.1) is 0 Å². The predicted molar refractivity (Wildman–Crippen MR) is 86.2 cm³/mol. The smallest absolute Gasteiger partial charge is 0.370 e. The first kappa shape index (κ1) is 17.8. The quantitative estimate of drug-likeness (QED) is 0.797. The molecule has 3 atom stereocenters. The molecule has 1 aromatic rings. The van der Waals surface area contributed by atoms with Crippen LogP contribution in [0.1, 0.15) is 31.2 Å². The van der Waals surface area contributed by atoms with Crippen molar-refractivity contribution in [2.45, 2.75) is 32.0 Å². The molecule has 1 aliphatic heterocycles. The number of rotatable bonds is 7. The van der Waals surface area contributed by atoms with Crippen molar-refractivity contribution in [3.63, 3.8) is 0 Å². The van der Waals surface area contributed by atoms with E-state index >= 15 is 0 Å². The molecule has 0 spiro atoms. The van der Waals surface area contributed by atoms with E-state index < -0.39 is 12.3 Å². The summed E-state index contributed by atoms with van der Waals surface area (Å²) in [7, 11) is 0. The van der Waals surface area contributed by atoms with Crippen LogP contribution in [-0.2, 0) is 14.3 Å². The second kappa shape index (κ2) is 8.34. The number of carbonyl (C=O) groups is 1. The fourth-order valence-corrected chi connectivity index (χ4v) is 2.95. The third kappa shape index (κ3) is 4.47. The van der Waals surface area contributed by atoms with Gasteiger partial charge in [0.25, 0.3) is 0 Å². The van der Waals surface area contributed by atoms with Crippen LogP contribution >= 0.6 is 11.6 Å². The highest BCUT2D eigenvalue weighted by Gasteiger charge is 2.37. The average molecular weight is 341 g/mol. The maximum atomic E-state index is 11.3. The predicted octanol–water partition coefficient (Wildman–Crippen LogP) is 3.17. The topological polar surface area (TPSA) is 76.0 Å². The first-order chi connectivity index (χ1) is 11.1. The molecule has 0 aliphatic carbocycles. The number of aliphatic carboxylic acids is 1. The minimum atomic E-state index is -1.12. The van der Waals surface area contributed by atoms with E-state index in [0.29, 0.717) is 24.5 Å². The molecule has 126 valence electrons. The molecule has 2 N–H and O–H groups in total. The lowest BCUT2D eigenvalue weighted by Crippen LogP contribution is -2.36. The average Bonchev–Trinajstić information content (AvgIpc) is 2.54. The molecule has 0 saturated carbocycles. The Kier molecular flexibility index (Phi) is 6.45. The summed E-state index contributed by atoms with van der Waals surface area (Å²) in [6.07, 6.45) is 2.22. The number of benzene rings is 1. The lowest BCUT2D eigenvalue weighted by atomic mass is 9.80. The first-order valence-electron chi connectivity index (χ1n) is 7.66. The van der Waals surface area contributed by atoms with Crippen LogP contribution in [0.2, 0.25) is 5.02 Å². The molecule has 0 saturated heterocycles. The highest BCUT2D eigenvalue weighted by atomic mass is 35.5. The molecule has 0 radical (unpaired) electrons. The van der Waals surface area contributed by atoms with Crippen LogP contribution in [-0.4, -0.2) is 35.7 Å². The van der Waals surface area contributed by atoms with Crippen LogP contribution in [0.4, 0.5) is 0 Å². The summed E-state index contributed by atoms with van der Waals surface area (Å²) in [5, 5.41) is 19.0. The Morgan fingerprint density at radius 1 is 1.35 bits per heavy atom. The van der Waals surface area contributed by atoms with Gasteiger partial charge in [-0.25, -0.2) is 4.79 Å². The molecule has 23 heavy (non-hydrogen) atoms. The Labute approximate surface area is 140 Å². The number of carboxylic acids is 1. The van der Waals surface area contributed by atoms with Gasteiger partial charge in [0.2, 0.25) is 12.0 Å². The number of halogens is 1. The van der Waals surface area contributed by atoms with E-state index in [4.69, 9.17) is 26.2 Å². The maximum absolute atomic E-state index is 11.3. The van der Waals surface area contributed by atoms with Gasteiger partial charge in [0.05, 0.1) is 0 Å². The lowest BCUT2D eigenvalue weighted by molar-refractivity contribution is -0.173. The molecule has 1 heterocycles. The molecule has 2 rings (SSSR count). The number of carboxylic acid groups (broad SMARTS) is 1. The van der Waals surface area contributed by atoms with Gasteiger partial charge in [-0.2, -0.15) is 0 Å². The zero-order valence-electron chi connectivity index (χ0n) is 12.9. The van der Waals surface area contributed by atoms with E-state index in [1.165, 1.54) is 0 Å². The van der Waals surface area contributed by atoms with Crippen molar-refractivity contribution in [2.75, 3.05) is 13.2 Å². The summed E-state index contributed by atoms with van der Waals surface area (Å²) in [5.41, 5.74) is 0.948. The molecule has 0 fully saturated rings. The summed E-state index contributed by atoms with van der Waals surface area (Å²) < 4.78 is 11.1. The van der Waals surface area contributed by atoms with Crippen molar-refractivity contribution in [3.05, 3.63) is 46.7 Å². The minimum absolute atomic E-state index is 0.0676. The van der Waals surface area contributed by atoms with Gasteiger partial charge in [0, 0.05) is 30.1 Å². The van der Waals surface area contributed by atoms with E-state index in [1.54, 1.807) is 18.2 Å². The number of ether oxygens (including phenoxy) is 2. The van der Waals surface area contributed by atoms with E-state index in [2.05, 4.69) is 0 Å². The van der Waals surface area contributed by atoms with Gasteiger partial charge in [-0.1, -0.05) is 23.7 Å². The van der Waals surface area contributed by atoms with E-state index in [-0.39, 0.29) is 24.2 Å². The second-order valence-corrected chi connectivity index (χ2v) is 5.82. The monoisotopic (exact) mass is 340 g/mol. The van der Waals surface area contributed by atoms with Crippen LogP contribution in [0.15, 0.2) is 36.1 Å². The van der Waals surface area contributed by atoms with Crippen molar-refractivity contribution < 1.29 is 24.5 Å². The number of hydrogen-bond acceptors (Lipinski definition) is 4. The van der Waals surface area contributed by atoms with Gasteiger partial charge < -0.3 is 19.7 Å². The number of aliphatic hydroxyl groups is 1. The van der Waals surface area contributed by atoms with Gasteiger partial charge in [0.1, 0.15) is 0 Å². The molecule has 0 unspecified atom stereocenters. The van der Waals surface area contributed by atoms with Crippen molar-refractivity contribution in [1.82, 2.24) is 0 Å². The number of allylic oxidation sites excluding steroid dienone is 1. The molecule has 0 amide bonds. The molecule has 0 bridgehead atoms. The van der Waals surface area contributed by atoms with Crippen molar-refractivity contribution >= 4 is 17.6 Å². The summed E-state index contributed by atoms with van der Waals surface area (Å²) >= 11 is 5.94. The summed E-state index contributed by atoms with van der Waals surface area (Å²) in [5.74, 6) is -1.47. The van der Waals surface area contributed by atoms with Crippen molar-refractivity contribution in [3.8, 4) is 0 Å². The Balaban J connectivity index is 2.38. The van der Waals surface area contributed by atoms with E-state index in [0.717, 1.165) is 5.56 Å². The zero-order valence-corrected chi connectivity index (χ0v) is 13.7. The fraction of sp³-hybridized carbons (Fsp3) is 0.471. The number of hydrogen-bond donors (Lipinski definition) is 2. The van der Waals surface area contributed by atoms with Gasteiger partial charge in [-0.3, -0.25) is 0 Å². The molecule has 6 heteroatoms. The second-order valence-electron chi connectivity index (χ2n) is 5.38. The molecular formula is C17H21ClO5. The molecule has 1 aliphatic rings.